The van der Waals surface area contributed by atoms with E-state index in [1.165, 1.54) is 283 Å². The largest absolute Gasteiger partial charge is 0.256 e. The molecule has 0 fully saturated rings. The van der Waals surface area contributed by atoms with E-state index in [4.69, 9.17) is 0 Å². The first-order valence-electron chi connectivity index (χ1n) is 24.9. The third kappa shape index (κ3) is 32.6. The summed E-state index contributed by atoms with van der Waals surface area (Å²) in [5.41, 5.74) is 0. The van der Waals surface area contributed by atoms with Crippen molar-refractivity contribution in [1.29, 1.82) is 0 Å². The van der Waals surface area contributed by atoms with Crippen LogP contribution in [0.3, 0.4) is 0 Å². The predicted molar refractivity (Wildman–Crippen MR) is 235 cm³/mol. The predicted octanol–water partition coefficient (Wildman–Crippen LogP) is 17.4. The number of hydrogen-bond acceptors (Lipinski definition) is 0. The molecule has 0 radical (unpaired) electrons. The molecule has 0 unspecified atom stereocenters. The Morgan fingerprint density at radius 1 is 0.327 bits per heavy atom. The van der Waals surface area contributed by atoms with Crippen LogP contribution in [0.4, 0.5) is 0 Å². The number of aromatic nitrogens is 2. The number of hydrogen-bond donors (Lipinski definition) is 0. The lowest BCUT2D eigenvalue weighted by Gasteiger charge is -2.07. The lowest BCUT2D eigenvalue weighted by molar-refractivity contribution is -0.704. The van der Waals surface area contributed by atoms with Crippen molar-refractivity contribution in [3.05, 3.63) is 18.2 Å². The molecule has 2 nitrogen and oxygen atoms in total. The first kappa shape index (κ1) is 49.2. The van der Waals surface area contributed by atoms with Crippen LogP contribution >= 0.6 is 0 Å². The molecule has 0 aromatic carbocycles. The summed E-state index contributed by atoms with van der Waals surface area (Å²) in [6.45, 7) is 9.42. The molecule has 0 bridgehead atoms. The Labute approximate surface area is 329 Å². The smallest absolute Gasteiger partial charge is 0.234 e. The Morgan fingerprint density at radius 2 is 0.596 bits per heavy atom. The molecule has 0 amide bonds. The van der Waals surface area contributed by atoms with Gasteiger partial charge in [0, 0.05) is 6.42 Å². The zero-order chi connectivity index (χ0) is 37.3. The maximum absolute atomic E-state index is 2.66. The van der Waals surface area contributed by atoms with Crippen molar-refractivity contribution in [1.82, 2.24) is 4.57 Å². The van der Waals surface area contributed by atoms with Gasteiger partial charge < -0.3 is 0 Å². The SMILES string of the molecule is CCCCCCCCCCCCCCCCCC[n+]1ccn(CCCCCCCCCCCCCCCC)c1CCCCCCCCCCCCC. The van der Waals surface area contributed by atoms with E-state index in [0.29, 0.717) is 0 Å². The highest BCUT2D eigenvalue weighted by atomic mass is 15.1. The third-order valence-corrected chi connectivity index (χ3v) is 12.1. The van der Waals surface area contributed by atoms with Crippen molar-refractivity contribution < 1.29 is 4.57 Å². The van der Waals surface area contributed by atoms with Crippen LogP contribution in [0.25, 0.3) is 0 Å². The Balaban J connectivity index is 2.24. The molecule has 0 atom stereocenters. The van der Waals surface area contributed by atoms with E-state index in [9.17, 15) is 0 Å². The fourth-order valence-electron chi connectivity index (χ4n) is 8.45. The van der Waals surface area contributed by atoms with Gasteiger partial charge in [-0.25, -0.2) is 9.13 Å². The molecule has 2 heteroatoms. The molecule has 0 aliphatic heterocycles. The molecule has 0 aliphatic carbocycles. The summed E-state index contributed by atoms with van der Waals surface area (Å²) < 4.78 is 5.31. The molecule has 0 saturated heterocycles. The first-order chi connectivity index (χ1) is 25.8. The van der Waals surface area contributed by atoms with Crippen LogP contribution < -0.4 is 4.57 Å². The van der Waals surface area contributed by atoms with Gasteiger partial charge in [-0.2, -0.15) is 0 Å². The van der Waals surface area contributed by atoms with Gasteiger partial charge in [0.2, 0.25) is 0 Å². The van der Waals surface area contributed by atoms with Gasteiger partial charge in [-0.3, -0.25) is 0 Å². The Kier molecular flexibility index (Phi) is 39.2. The van der Waals surface area contributed by atoms with Gasteiger partial charge in [0.1, 0.15) is 12.4 Å². The monoisotopic (exact) mass is 728 g/mol. The van der Waals surface area contributed by atoms with Crippen molar-refractivity contribution in [3.8, 4) is 0 Å². The molecular weight excluding hydrogens is 629 g/mol. The van der Waals surface area contributed by atoms with E-state index in [-0.39, 0.29) is 0 Å². The number of rotatable bonds is 44. The maximum Gasteiger partial charge on any atom is 0.256 e. The summed E-state index contributed by atoms with van der Waals surface area (Å²) in [5.74, 6) is 1.63. The summed E-state index contributed by atoms with van der Waals surface area (Å²) in [6.07, 6.45) is 65.3. The van der Waals surface area contributed by atoms with E-state index in [1.807, 2.05) is 0 Å². The normalized spacial score (nSPS) is 11.7. The summed E-state index contributed by atoms with van der Waals surface area (Å²) in [4.78, 5) is 0. The minimum absolute atomic E-state index is 1.23. The van der Waals surface area contributed by atoms with Crippen LogP contribution in [-0.4, -0.2) is 4.57 Å². The number of imidazole rings is 1. The fraction of sp³-hybridized carbons (Fsp3) is 0.940. The van der Waals surface area contributed by atoms with Gasteiger partial charge >= 0.3 is 0 Å². The molecule has 1 rings (SSSR count). The van der Waals surface area contributed by atoms with Gasteiger partial charge in [0.05, 0.1) is 13.1 Å². The van der Waals surface area contributed by atoms with Crippen LogP contribution in [0.1, 0.15) is 290 Å². The zero-order valence-electron chi connectivity index (χ0n) is 36.7. The van der Waals surface area contributed by atoms with Gasteiger partial charge in [0.15, 0.2) is 0 Å². The molecule has 1 heterocycles. The van der Waals surface area contributed by atoms with E-state index in [1.54, 1.807) is 5.82 Å². The quantitative estimate of drug-likeness (QED) is 0.0467. The van der Waals surface area contributed by atoms with E-state index in [0.717, 1.165) is 0 Å². The molecule has 0 N–H and O–H groups in total. The average Bonchev–Trinajstić information content (AvgIpc) is 3.54. The number of nitrogens with zero attached hydrogens (tertiary/aromatic N) is 2. The van der Waals surface area contributed by atoms with E-state index >= 15 is 0 Å². The lowest BCUT2D eigenvalue weighted by Crippen LogP contribution is -2.37. The summed E-state index contributed by atoms with van der Waals surface area (Å²) in [6, 6.07) is 0. The molecular formula is C50H99N2+. The van der Waals surface area contributed by atoms with E-state index < -0.39 is 0 Å². The standard InChI is InChI=1S/C50H99N2/c1-4-7-10-13-16-19-22-24-26-27-29-32-35-38-41-44-47-52-49-48-51(50(52)45-42-39-36-33-30-21-18-15-12-9-6-3)46-43-40-37-34-31-28-25-23-20-17-14-11-8-5-2/h48-49H,4-47H2,1-3H3/q+1. The molecule has 52 heavy (non-hydrogen) atoms. The number of unbranched alkanes of at least 4 members (excludes halogenated alkanes) is 38. The van der Waals surface area contributed by atoms with Crippen LogP contribution in [0, 0.1) is 0 Å². The lowest BCUT2D eigenvalue weighted by atomic mass is 10.0. The van der Waals surface area contributed by atoms with Crippen molar-refractivity contribution in [2.75, 3.05) is 0 Å². The first-order valence-corrected chi connectivity index (χ1v) is 24.9. The summed E-state index contributed by atoms with van der Waals surface area (Å²) >= 11 is 0. The Hall–Kier alpha value is -0.790. The molecule has 0 spiro atoms. The summed E-state index contributed by atoms with van der Waals surface area (Å²) in [5, 5.41) is 0. The summed E-state index contributed by atoms with van der Waals surface area (Å²) in [7, 11) is 0. The third-order valence-electron chi connectivity index (χ3n) is 12.1. The molecule has 308 valence electrons. The second-order valence-corrected chi connectivity index (χ2v) is 17.3. The van der Waals surface area contributed by atoms with Gasteiger partial charge in [-0.1, -0.05) is 252 Å². The zero-order valence-corrected chi connectivity index (χ0v) is 36.7. The maximum atomic E-state index is 2.66. The van der Waals surface area contributed by atoms with Gasteiger partial charge in [0.25, 0.3) is 5.82 Å². The molecule has 0 saturated carbocycles. The average molecular weight is 728 g/mol. The van der Waals surface area contributed by atoms with Crippen molar-refractivity contribution in [2.24, 2.45) is 0 Å². The van der Waals surface area contributed by atoms with Gasteiger partial charge in [-0.05, 0) is 32.1 Å². The van der Waals surface area contributed by atoms with Crippen molar-refractivity contribution in [2.45, 2.75) is 304 Å². The second-order valence-electron chi connectivity index (χ2n) is 17.3. The van der Waals surface area contributed by atoms with Gasteiger partial charge in [-0.15, -0.1) is 0 Å². The van der Waals surface area contributed by atoms with E-state index in [2.05, 4.69) is 42.3 Å². The fourth-order valence-corrected chi connectivity index (χ4v) is 8.45. The number of aryl methyl sites for hydroxylation is 2. The van der Waals surface area contributed by atoms with Crippen LogP contribution in [0.15, 0.2) is 12.4 Å². The van der Waals surface area contributed by atoms with Crippen LogP contribution in [0.5, 0.6) is 0 Å². The molecule has 1 aromatic heterocycles. The topological polar surface area (TPSA) is 8.81 Å². The Morgan fingerprint density at radius 3 is 0.923 bits per heavy atom. The van der Waals surface area contributed by atoms with Crippen LogP contribution in [-0.2, 0) is 19.5 Å². The molecule has 0 aliphatic rings. The molecule has 1 aromatic rings. The highest BCUT2D eigenvalue weighted by Crippen LogP contribution is 2.17. The van der Waals surface area contributed by atoms with Crippen molar-refractivity contribution in [3.63, 3.8) is 0 Å². The Bertz CT molecular complexity index is 796. The minimum atomic E-state index is 1.23. The highest BCUT2D eigenvalue weighted by Gasteiger charge is 2.16. The van der Waals surface area contributed by atoms with Crippen molar-refractivity contribution >= 4 is 0 Å². The highest BCUT2D eigenvalue weighted by molar-refractivity contribution is 4.84. The minimum Gasteiger partial charge on any atom is -0.234 e. The second kappa shape index (κ2) is 41.4. The van der Waals surface area contributed by atoms with Crippen LogP contribution in [0.2, 0.25) is 0 Å².